The minimum absolute atomic E-state index is 0.0671. The van der Waals surface area contributed by atoms with E-state index in [-0.39, 0.29) is 11.3 Å². The van der Waals surface area contributed by atoms with Crippen molar-refractivity contribution in [3.63, 3.8) is 0 Å². The summed E-state index contributed by atoms with van der Waals surface area (Å²) in [5, 5.41) is 22.1. The van der Waals surface area contributed by atoms with Crippen LogP contribution in [-0.4, -0.2) is 62.1 Å². The fraction of sp³-hybridized carbons (Fsp3) is 0.344. The number of ether oxygens (including phenoxy) is 4. The van der Waals surface area contributed by atoms with Crippen molar-refractivity contribution in [2.75, 3.05) is 35.0 Å². The average molecular weight is 546 g/mol. The maximum absolute atomic E-state index is 10.3. The smallest absolute Gasteiger partial charge is 0.339 e. The van der Waals surface area contributed by atoms with Crippen molar-refractivity contribution in [1.82, 2.24) is 4.90 Å². The van der Waals surface area contributed by atoms with Crippen molar-refractivity contribution in [2.24, 2.45) is 0 Å². The number of hydrogen-bond acceptors (Lipinski definition) is 7. The Kier molecular flexibility index (Phi) is 7.89. The van der Waals surface area contributed by atoms with Gasteiger partial charge in [0.15, 0.2) is 23.0 Å². The van der Waals surface area contributed by atoms with Gasteiger partial charge < -0.3 is 29.2 Å². The summed E-state index contributed by atoms with van der Waals surface area (Å²) >= 11 is 0. The van der Waals surface area contributed by atoms with E-state index in [9.17, 15) is 4.79 Å². The fourth-order valence-electron chi connectivity index (χ4n) is 6.03. The van der Waals surface area contributed by atoms with E-state index in [1.54, 1.807) is 40.6 Å². The zero-order valence-corrected chi connectivity index (χ0v) is 23.3. The van der Waals surface area contributed by atoms with Gasteiger partial charge in [0, 0.05) is 12.6 Å². The van der Waals surface area contributed by atoms with E-state index in [1.807, 2.05) is 0 Å². The van der Waals surface area contributed by atoms with Gasteiger partial charge in [-0.1, -0.05) is 18.6 Å². The number of methoxy groups -OCH3 is 4. The van der Waals surface area contributed by atoms with Crippen molar-refractivity contribution in [2.45, 2.75) is 38.3 Å². The van der Waals surface area contributed by atoms with Gasteiger partial charge in [0.25, 0.3) is 0 Å². The van der Waals surface area contributed by atoms with Crippen molar-refractivity contribution in [3.05, 3.63) is 65.2 Å². The standard InChI is InChI=1S/C25H29NO4.C7H6O3/c1-27-22-10-17-16-9-15-7-5-6-8-26(15)14-21(16)20-13-25(30-4)24(29-3)12-19(20)18(17)11-23(22)28-2;8-6-4-2-1-3-5(6)7(9)10/h10-13,15H,5-9,14H2,1-4H3;1-4,8H,(H,9,10). The molecule has 8 nitrogen and oxygen atoms in total. The molecular weight excluding hydrogens is 510 g/mol. The lowest BCUT2D eigenvalue weighted by molar-refractivity contribution is 0.0693. The molecule has 2 heterocycles. The molecule has 0 aliphatic carbocycles. The van der Waals surface area contributed by atoms with Gasteiger partial charge in [0.05, 0.1) is 28.4 Å². The first-order valence-electron chi connectivity index (χ1n) is 13.4. The van der Waals surface area contributed by atoms with Crippen LogP contribution in [0.25, 0.3) is 21.5 Å². The van der Waals surface area contributed by atoms with E-state index in [0.29, 0.717) is 6.04 Å². The molecule has 8 heteroatoms. The summed E-state index contributed by atoms with van der Waals surface area (Å²) in [7, 11) is 6.78. The second-order valence-electron chi connectivity index (χ2n) is 10.1. The second-order valence-corrected chi connectivity index (χ2v) is 10.1. The molecule has 1 unspecified atom stereocenters. The van der Waals surface area contributed by atoms with Crippen molar-refractivity contribution in [3.8, 4) is 28.7 Å². The maximum Gasteiger partial charge on any atom is 0.339 e. The molecule has 1 saturated heterocycles. The zero-order chi connectivity index (χ0) is 28.4. The topological polar surface area (TPSA) is 97.7 Å². The Balaban J connectivity index is 0.000000274. The molecule has 4 aromatic carbocycles. The number of aromatic carboxylic acids is 1. The van der Waals surface area contributed by atoms with E-state index >= 15 is 0 Å². The third-order valence-electron chi connectivity index (χ3n) is 8.04. The quantitative estimate of drug-likeness (QED) is 0.294. The third-order valence-corrected chi connectivity index (χ3v) is 8.04. The van der Waals surface area contributed by atoms with Gasteiger partial charge in [-0.25, -0.2) is 4.79 Å². The summed E-state index contributed by atoms with van der Waals surface area (Å²) in [4.78, 5) is 12.9. The summed E-state index contributed by atoms with van der Waals surface area (Å²) in [5.41, 5.74) is 2.78. The molecule has 2 aliphatic rings. The summed E-state index contributed by atoms with van der Waals surface area (Å²) in [5.74, 6) is 1.72. The van der Waals surface area contributed by atoms with Crippen LogP contribution in [0, 0.1) is 0 Å². The average Bonchev–Trinajstić information content (AvgIpc) is 2.99. The second kappa shape index (κ2) is 11.5. The number of fused-ring (bicyclic) bond motifs is 7. The Bertz CT molecular complexity index is 1480. The number of para-hydroxylation sites is 1. The number of aromatic hydroxyl groups is 1. The molecule has 1 atom stereocenters. The number of piperidine rings is 1. The molecule has 6 rings (SSSR count). The Morgan fingerprint density at radius 2 is 1.30 bits per heavy atom. The van der Waals surface area contributed by atoms with Gasteiger partial charge in [-0.2, -0.15) is 0 Å². The maximum atomic E-state index is 10.3. The number of rotatable bonds is 5. The molecule has 2 aliphatic heterocycles. The van der Waals surface area contributed by atoms with Gasteiger partial charge >= 0.3 is 5.97 Å². The zero-order valence-electron chi connectivity index (χ0n) is 23.3. The molecule has 0 amide bonds. The lowest BCUT2D eigenvalue weighted by atomic mass is 9.82. The minimum atomic E-state index is -1.11. The van der Waals surface area contributed by atoms with Gasteiger partial charge in [-0.05, 0) is 94.9 Å². The third kappa shape index (κ3) is 4.95. The molecule has 210 valence electrons. The van der Waals surface area contributed by atoms with Crippen LogP contribution < -0.4 is 18.9 Å². The van der Waals surface area contributed by atoms with E-state index < -0.39 is 5.97 Å². The number of carbonyl (C=O) groups is 1. The Morgan fingerprint density at radius 1 is 0.775 bits per heavy atom. The monoisotopic (exact) mass is 545 g/mol. The molecule has 0 spiro atoms. The highest BCUT2D eigenvalue weighted by molar-refractivity contribution is 6.13. The first kappa shape index (κ1) is 27.4. The number of hydrogen-bond donors (Lipinski definition) is 2. The van der Waals surface area contributed by atoms with Crippen LogP contribution in [0.2, 0.25) is 0 Å². The number of benzene rings is 4. The van der Waals surface area contributed by atoms with Crippen LogP contribution in [0.4, 0.5) is 0 Å². The largest absolute Gasteiger partial charge is 0.507 e. The number of phenols is 1. The lowest BCUT2D eigenvalue weighted by Crippen LogP contribution is -2.43. The van der Waals surface area contributed by atoms with Crippen LogP contribution in [-0.2, 0) is 13.0 Å². The SMILES string of the molecule is COc1cc2c3c(c4cc(OC)c(OC)cc4c2cc1OC)CN1CCCCC1C3.O=C(O)c1ccccc1O. The molecule has 0 bridgehead atoms. The summed E-state index contributed by atoms with van der Waals surface area (Å²) in [6.07, 6.45) is 4.97. The van der Waals surface area contributed by atoms with Crippen molar-refractivity contribution >= 4 is 27.5 Å². The van der Waals surface area contributed by atoms with Gasteiger partial charge in [0.2, 0.25) is 0 Å². The Labute approximate surface area is 233 Å². The Hall–Kier alpha value is -4.17. The highest BCUT2D eigenvalue weighted by Gasteiger charge is 2.31. The minimum Gasteiger partial charge on any atom is -0.507 e. The molecule has 4 aromatic rings. The summed E-state index contributed by atoms with van der Waals surface area (Å²) < 4.78 is 22.6. The fourth-order valence-corrected chi connectivity index (χ4v) is 6.03. The predicted molar refractivity (Wildman–Crippen MR) is 154 cm³/mol. The molecule has 0 radical (unpaired) electrons. The van der Waals surface area contributed by atoms with Gasteiger partial charge in [-0.15, -0.1) is 0 Å². The van der Waals surface area contributed by atoms with Crippen LogP contribution in [0.15, 0.2) is 48.5 Å². The Morgan fingerprint density at radius 3 is 1.80 bits per heavy atom. The number of carboxylic acid groups (broad SMARTS) is 1. The van der Waals surface area contributed by atoms with E-state index in [1.165, 1.54) is 65.2 Å². The normalized spacial score (nSPS) is 16.4. The number of carboxylic acids is 1. The van der Waals surface area contributed by atoms with Crippen LogP contribution >= 0.6 is 0 Å². The molecule has 2 N–H and O–H groups in total. The number of nitrogens with zero attached hydrogens (tertiary/aromatic N) is 1. The van der Waals surface area contributed by atoms with E-state index in [4.69, 9.17) is 29.2 Å². The molecule has 0 saturated carbocycles. The van der Waals surface area contributed by atoms with Gasteiger partial charge in [0.1, 0.15) is 11.3 Å². The van der Waals surface area contributed by atoms with Crippen LogP contribution in [0.1, 0.15) is 40.7 Å². The van der Waals surface area contributed by atoms with Crippen molar-refractivity contribution in [1.29, 1.82) is 0 Å². The van der Waals surface area contributed by atoms with Gasteiger partial charge in [-0.3, -0.25) is 4.90 Å². The molecular formula is C32H35NO7. The molecule has 40 heavy (non-hydrogen) atoms. The predicted octanol–water partition coefficient (Wildman–Crippen LogP) is 6.03. The first-order chi connectivity index (χ1) is 19.4. The highest BCUT2D eigenvalue weighted by Crippen LogP contribution is 2.46. The van der Waals surface area contributed by atoms with Crippen molar-refractivity contribution < 1.29 is 34.0 Å². The van der Waals surface area contributed by atoms with Crippen LogP contribution in [0.3, 0.4) is 0 Å². The van der Waals surface area contributed by atoms with Crippen LogP contribution in [0.5, 0.6) is 28.7 Å². The molecule has 1 fully saturated rings. The molecule has 0 aromatic heterocycles. The summed E-state index contributed by atoms with van der Waals surface area (Å²) in [6.45, 7) is 2.17. The lowest BCUT2D eigenvalue weighted by Gasteiger charge is -2.41. The van der Waals surface area contributed by atoms with E-state index in [2.05, 4.69) is 29.2 Å². The first-order valence-corrected chi connectivity index (χ1v) is 13.4. The van der Waals surface area contributed by atoms with E-state index in [0.717, 1.165) is 41.3 Å². The summed E-state index contributed by atoms with van der Waals surface area (Å²) in [6, 6.07) is 14.9. The highest BCUT2D eigenvalue weighted by atomic mass is 16.5.